The molecule has 13 nitrogen and oxygen atoms in total. The van der Waals surface area contributed by atoms with Crippen molar-refractivity contribution in [2.75, 3.05) is 85.5 Å². The van der Waals surface area contributed by atoms with E-state index < -0.39 is 10.1 Å². The minimum absolute atomic E-state index is 0.0130. The molecule has 0 bridgehead atoms. The lowest BCUT2D eigenvalue weighted by molar-refractivity contribution is -0.151. The predicted octanol–water partition coefficient (Wildman–Crippen LogP) is 15.9. The van der Waals surface area contributed by atoms with E-state index in [4.69, 9.17) is 37.9 Å². The second-order valence-corrected chi connectivity index (χ2v) is 23.1. The molecule has 0 aliphatic carbocycles. The van der Waals surface area contributed by atoms with Gasteiger partial charge in [-0.15, -0.1) is 0 Å². The van der Waals surface area contributed by atoms with E-state index in [2.05, 4.69) is 31.9 Å². The highest BCUT2D eigenvalue weighted by Crippen LogP contribution is 2.20. The number of esters is 2. The lowest BCUT2D eigenvalue weighted by Crippen LogP contribution is -2.27. The molecule has 0 saturated heterocycles. The van der Waals surface area contributed by atoms with Crippen LogP contribution >= 0.6 is 0 Å². The Morgan fingerprint density at radius 2 is 0.605 bits per heavy atom. The van der Waals surface area contributed by atoms with E-state index in [9.17, 15) is 18.0 Å². The molecule has 0 heterocycles. The van der Waals surface area contributed by atoms with Crippen molar-refractivity contribution in [1.29, 1.82) is 0 Å². The summed E-state index contributed by atoms with van der Waals surface area (Å²) in [5.41, 5.74) is 0. The summed E-state index contributed by atoms with van der Waals surface area (Å²) in [5, 5.41) is 0. The van der Waals surface area contributed by atoms with Crippen LogP contribution in [-0.2, 0) is 61.8 Å². The summed E-state index contributed by atoms with van der Waals surface area (Å²) in [6, 6.07) is 0. The third-order valence-corrected chi connectivity index (χ3v) is 14.5. The predicted molar refractivity (Wildman–Crippen MR) is 312 cm³/mol. The van der Waals surface area contributed by atoms with Crippen molar-refractivity contribution in [3.63, 3.8) is 0 Å². The number of unbranched alkanes of at least 4 members (excludes halogenated alkanes) is 28. The van der Waals surface area contributed by atoms with Crippen molar-refractivity contribution in [1.82, 2.24) is 0 Å². The second kappa shape index (κ2) is 59.7. The van der Waals surface area contributed by atoms with Crippen LogP contribution in [0.25, 0.3) is 0 Å². The molecule has 0 spiro atoms. The van der Waals surface area contributed by atoms with Gasteiger partial charge in [-0.2, -0.15) is 8.42 Å². The van der Waals surface area contributed by atoms with Gasteiger partial charge >= 0.3 is 11.9 Å². The van der Waals surface area contributed by atoms with Gasteiger partial charge < -0.3 is 37.9 Å². The fourth-order valence-electron chi connectivity index (χ4n) is 9.26. The highest BCUT2D eigenvalue weighted by molar-refractivity contribution is 7.85. The summed E-state index contributed by atoms with van der Waals surface area (Å²) in [4.78, 5) is 25.8. The first-order valence-corrected chi connectivity index (χ1v) is 33.7. The summed E-state index contributed by atoms with van der Waals surface area (Å²) >= 11 is 0. The molecule has 0 aromatic carbocycles. The van der Waals surface area contributed by atoms with E-state index in [1.807, 2.05) is 0 Å². The zero-order valence-corrected chi connectivity index (χ0v) is 51.0. The third kappa shape index (κ3) is 58.8. The summed E-state index contributed by atoms with van der Waals surface area (Å²) in [6.45, 7) is 13.8. The van der Waals surface area contributed by atoms with Gasteiger partial charge in [-0.25, -0.2) is 0 Å². The van der Waals surface area contributed by atoms with Crippen molar-refractivity contribution in [2.45, 2.75) is 303 Å². The number of carbonyl (C=O) groups is 2. The van der Waals surface area contributed by atoms with Crippen molar-refractivity contribution in [2.24, 2.45) is 0 Å². The van der Waals surface area contributed by atoms with Gasteiger partial charge in [0, 0.05) is 26.1 Å². The number of ether oxygens (including phenoxy) is 8. The van der Waals surface area contributed by atoms with Crippen LogP contribution in [0.2, 0.25) is 0 Å². The molecule has 1 unspecified atom stereocenters. The van der Waals surface area contributed by atoms with E-state index in [0.717, 1.165) is 122 Å². The zero-order chi connectivity index (χ0) is 55.5. The molecule has 0 aromatic rings. The van der Waals surface area contributed by atoms with Crippen LogP contribution in [0.4, 0.5) is 0 Å². The minimum atomic E-state index is -3.46. The number of hydrogen-bond acceptors (Lipinski definition) is 13. The molecule has 1 atom stereocenters. The zero-order valence-electron chi connectivity index (χ0n) is 50.2. The lowest BCUT2D eigenvalue weighted by atomic mass is 10.0. The monoisotopic (exact) mass is 1110 g/mol. The lowest BCUT2D eigenvalue weighted by Gasteiger charge is -2.19. The maximum atomic E-state index is 12.9. The first-order valence-electron chi connectivity index (χ1n) is 31.9. The fraction of sp³-hybridized carbons (Fsp3) is 0.968. The van der Waals surface area contributed by atoms with Gasteiger partial charge in [-0.05, 0) is 77.0 Å². The first kappa shape index (κ1) is 74.6. The van der Waals surface area contributed by atoms with Crippen molar-refractivity contribution in [3.05, 3.63) is 0 Å². The smallest absolute Gasteiger partial charge is 0.306 e. The largest absolute Gasteiger partial charge is 0.462 e. The Labute approximate surface area is 468 Å². The average Bonchev–Trinajstić information content (AvgIpc) is 3.39. The quantitative estimate of drug-likeness (QED) is 0.0323. The SMILES string of the molecule is CCCCCCCCC(CCCCCCCC)OC(=O)CCCCCCCOCC(COCCOCCOCCOCCOS(C)(=O)=O)OCCCCCCCC(=O)OC(CCCCCCCC)CCCCCCCC. The number of rotatable bonds is 64. The molecule has 76 heavy (non-hydrogen) atoms. The van der Waals surface area contributed by atoms with E-state index >= 15 is 0 Å². The Bertz CT molecular complexity index is 1270. The summed E-state index contributed by atoms with van der Waals surface area (Å²) in [6.07, 6.45) is 46.1. The van der Waals surface area contributed by atoms with E-state index in [1.54, 1.807) is 0 Å². The summed E-state index contributed by atoms with van der Waals surface area (Å²) < 4.78 is 73.6. The summed E-state index contributed by atoms with van der Waals surface area (Å²) in [7, 11) is -3.46. The molecule has 0 rings (SSSR count). The highest BCUT2D eigenvalue weighted by atomic mass is 32.2. The van der Waals surface area contributed by atoms with Crippen LogP contribution in [0, 0.1) is 0 Å². The van der Waals surface area contributed by atoms with Gasteiger partial charge in [-0.3, -0.25) is 13.8 Å². The molecule has 0 aromatic heterocycles. The molecular formula is C62H122O13S. The van der Waals surface area contributed by atoms with Gasteiger partial charge in [0.15, 0.2) is 0 Å². The van der Waals surface area contributed by atoms with E-state index in [1.165, 1.54) is 128 Å². The Hall–Kier alpha value is -1.39. The minimum Gasteiger partial charge on any atom is -0.462 e. The molecule has 0 radical (unpaired) electrons. The Balaban J connectivity index is 4.67. The molecular weight excluding hydrogens is 985 g/mol. The highest BCUT2D eigenvalue weighted by Gasteiger charge is 2.17. The molecule has 0 fully saturated rings. The first-order chi connectivity index (χ1) is 37.1. The molecule has 0 aliphatic rings. The Morgan fingerprint density at radius 3 is 0.974 bits per heavy atom. The van der Waals surface area contributed by atoms with Crippen LogP contribution in [-0.4, -0.2) is 124 Å². The number of hydrogen-bond donors (Lipinski definition) is 0. The van der Waals surface area contributed by atoms with E-state index in [-0.39, 0.29) is 43.5 Å². The second-order valence-electron chi connectivity index (χ2n) is 21.5. The molecule has 0 amide bonds. The van der Waals surface area contributed by atoms with Gasteiger partial charge in [0.2, 0.25) is 0 Å². The molecule has 0 aliphatic heterocycles. The van der Waals surface area contributed by atoms with Gasteiger partial charge in [0.1, 0.15) is 18.3 Å². The number of carbonyl (C=O) groups excluding carboxylic acids is 2. The molecule has 0 N–H and O–H groups in total. The Kier molecular flexibility index (Phi) is 58.6. The fourth-order valence-corrected chi connectivity index (χ4v) is 9.63. The van der Waals surface area contributed by atoms with Gasteiger partial charge in [0.05, 0.1) is 72.3 Å². The van der Waals surface area contributed by atoms with Crippen molar-refractivity contribution >= 4 is 22.1 Å². The molecule has 14 heteroatoms. The molecule has 454 valence electrons. The maximum Gasteiger partial charge on any atom is 0.306 e. The van der Waals surface area contributed by atoms with Crippen LogP contribution in [0.5, 0.6) is 0 Å². The Morgan fingerprint density at radius 1 is 0.316 bits per heavy atom. The van der Waals surface area contributed by atoms with Gasteiger partial charge in [0.25, 0.3) is 10.1 Å². The topological polar surface area (TPSA) is 151 Å². The van der Waals surface area contributed by atoms with Crippen LogP contribution < -0.4 is 0 Å². The van der Waals surface area contributed by atoms with Crippen molar-refractivity contribution < 1.29 is 60.1 Å². The molecule has 0 saturated carbocycles. The van der Waals surface area contributed by atoms with Crippen molar-refractivity contribution in [3.8, 4) is 0 Å². The van der Waals surface area contributed by atoms with Crippen LogP contribution in [0.3, 0.4) is 0 Å². The summed E-state index contributed by atoms with van der Waals surface area (Å²) in [5.74, 6) is -0.0445. The average molecular weight is 1110 g/mol. The van der Waals surface area contributed by atoms with Crippen LogP contribution in [0.15, 0.2) is 0 Å². The third-order valence-electron chi connectivity index (χ3n) is 13.9. The van der Waals surface area contributed by atoms with Crippen LogP contribution in [0.1, 0.15) is 285 Å². The maximum absolute atomic E-state index is 12.9. The van der Waals surface area contributed by atoms with Gasteiger partial charge in [-0.1, -0.05) is 195 Å². The standard InChI is InChI=1S/C62H122O13S/c1-6-10-14-18-24-32-40-58(41-33-25-19-15-11-7-2)74-61(63)44-36-28-22-30-38-46-70-56-60(57-71-53-52-68-49-48-67-50-51-69-54-55-73-76(5,65)66)72-47-39-31-23-29-37-45-62(64)75-59(42-34-26-20-16-12-8-3)43-35-27-21-17-13-9-4/h58-60H,6-57H2,1-5H3. The van der Waals surface area contributed by atoms with E-state index in [0.29, 0.717) is 78.9 Å². The normalized spacial score (nSPS) is 12.4.